The first-order chi connectivity index (χ1) is 14.5. The highest BCUT2D eigenvalue weighted by molar-refractivity contribution is 7.14. The predicted octanol–water partition coefficient (Wildman–Crippen LogP) is 3.53. The summed E-state index contributed by atoms with van der Waals surface area (Å²) in [6, 6.07) is 10.6. The zero-order chi connectivity index (χ0) is 20.8. The van der Waals surface area contributed by atoms with E-state index in [1.165, 1.54) is 11.3 Å². The van der Waals surface area contributed by atoms with E-state index < -0.39 is 6.10 Å². The number of nitrogens with one attached hydrogen (secondary N) is 1. The molecule has 8 nitrogen and oxygen atoms in total. The number of likely N-dealkylation sites (N-methyl/N-ethyl adjacent to an activating group) is 1. The topological polar surface area (TPSA) is 90.0 Å². The summed E-state index contributed by atoms with van der Waals surface area (Å²) in [4.78, 5) is 30.8. The van der Waals surface area contributed by atoms with E-state index in [1.807, 2.05) is 23.6 Å². The molecule has 0 saturated carbocycles. The quantitative estimate of drug-likeness (QED) is 0.693. The molecule has 1 atom stereocenters. The lowest BCUT2D eigenvalue weighted by Crippen LogP contribution is -2.41. The molecule has 1 aromatic heterocycles. The van der Waals surface area contributed by atoms with Gasteiger partial charge in [0.05, 0.1) is 11.4 Å². The molecule has 0 saturated heterocycles. The van der Waals surface area contributed by atoms with Crippen molar-refractivity contribution in [2.75, 3.05) is 24.1 Å². The third-order valence-corrected chi connectivity index (χ3v) is 5.72. The van der Waals surface area contributed by atoms with Gasteiger partial charge in [-0.2, -0.15) is 0 Å². The lowest BCUT2D eigenvalue weighted by atomic mass is 10.1. The number of amides is 2. The number of rotatable bonds is 3. The van der Waals surface area contributed by atoms with Crippen molar-refractivity contribution in [3.05, 3.63) is 47.3 Å². The lowest BCUT2D eigenvalue weighted by Gasteiger charge is -2.30. The van der Waals surface area contributed by atoms with Gasteiger partial charge in [0.25, 0.3) is 11.8 Å². The zero-order valence-corrected chi connectivity index (χ0v) is 17.0. The maximum Gasteiger partial charge on any atom is 0.267 e. The van der Waals surface area contributed by atoms with E-state index in [1.54, 1.807) is 37.1 Å². The molecule has 2 aliphatic heterocycles. The van der Waals surface area contributed by atoms with Crippen molar-refractivity contribution in [3.8, 4) is 28.5 Å². The first kappa shape index (κ1) is 18.4. The van der Waals surface area contributed by atoms with Gasteiger partial charge in [-0.25, -0.2) is 4.98 Å². The molecule has 1 N–H and O–H groups in total. The number of carbonyl (C=O) groups excluding carboxylic acids is 2. The number of fused-ring (bicyclic) bond motifs is 2. The fourth-order valence-electron chi connectivity index (χ4n) is 3.34. The van der Waals surface area contributed by atoms with E-state index in [0.29, 0.717) is 39.3 Å². The molecule has 0 fully saturated rings. The van der Waals surface area contributed by atoms with Crippen LogP contribution in [0.15, 0.2) is 41.8 Å². The molecular weight excluding hydrogens is 406 g/mol. The number of aromatic nitrogens is 1. The molecule has 3 aromatic rings. The number of ether oxygens (including phenoxy) is 3. The minimum absolute atomic E-state index is 0.102. The minimum atomic E-state index is -0.509. The highest BCUT2D eigenvalue weighted by Crippen LogP contribution is 2.37. The summed E-state index contributed by atoms with van der Waals surface area (Å²) in [6.45, 7) is 1.88. The summed E-state index contributed by atoms with van der Waals surface area (Å²) >= 11 is 1.32. The molecule has 0 aliphatic carbocycles. The first-order valence-electron chi connectivity index (χ1n) is 9.25. The van der Waals surface area contributed by atoms with Crippen LogP contribution in [0.1, 0.15) is 17.3 Å². The molecule has 1 unspecified atom stereocenters. The maximum atomic E-state index is 12.6. The number of nitrogens with zero attached hydrogens (tertiary/aromatic N) is 2. The SMILES string of the molecule is CC1Oc2ccc(-c3csc(NC(=O)c4ccc5c(c4)OCO5)n3)cc2N(C)C1=O. The normalized spacial score (nSPS) is 16.8. The Kier molecular flexibility index (Phi) is 4.32. The van der Waals surface area contributed by atoms with Crippen molar-refractivity contribution in [3.63, 3.8) is 0 Å². The van der Waals surface area contributed by atoms with E-state index in [4.69, 9.17) is 14.2 Å². The second kappa shape index (κ2) is 7.03. The van der Waals surface area contributed by atoms with E-state index in [9.17, 15) is 9.59 Å². The Labute approximate surface area is 176 Å². The Morgan fingerprint density at radius 2 is 1.97 bits per heavy atom. The van der Waals surface area contributed by atoms with Crippen molar-refractivity contribution >= 4 is 34.0 Å². The Bertz CT molecular complexity index is 1180. The largest absolute Gasteiger partial charge is 0.479 e. The van der Waals surface area contributed by atoms with Crippen LogP contribution in [0.25, 0.3) is 11.3 Å². The molecule has 2 aliphatic rings. The van der Waals surface area contributed by atoms with Crippen LogP contribution in [0, 0.1) is 0 Å². The molecule has 0 radical (unpaired) electrons. The fourth-order valence-corrected chi connectivity index (χ4v) is 4.06. The summed E-state index contributed by atoms with van der Waals surface area (Å²) in [5.41, 5.74) is 2.67. The molecule has 2 aromatic carbocycles. The molecule has 0 bridgehead atoms. The van der Waals surface area contributed by atoms with Crippen LogP contribution in [-0.2, 0) is 4.79 Å². The zero-order valence-electron chi connectivity index (χ0n) is 16.2. The average Bonchev–Trinajstić information content (AvgIpc) is 3.41. The van der Waals surface area contributed by atoms with Crippen molar-refractivity contribution in [2.45, 2.75) is 13.0 Å². The standard InChI is InChI=1S/C21H17N3O5S/c1-11-20(26)24(2)15-7-12(3-5-16(15)29-11)14-9-30-21(22-14)23-19(25)13-4-6-17-18(8-13)28-10-27-17/h3-9,11H,10H2,1-2H3,(H,22,23,25). The second-order valence-corrected chi connectivity index (χ2v) is 7.76. The third kappa shape index (κ3) is 3.13. The van der Waals surface area contributed by atoms with Gasteiger partial charge in [-0.1, -0.05) is 0 Å². The van der Waals surface area contributed by atoms with Crippen LogP contribution in [0.4, 0.5) is 10.8 Å². The van der Waals surface area contributed by atoms with Gasteiger partial charge in [-0.05, 0) is 43.3 Å². The van der Waals surface area contributed by atoms with E-state index in [2.05, 4.69) is 10.3 Å². The van der Waals surface area contributed by atoms with Gasteiger partial charge < -0.3 is 19.1 Å². The predicted molar refractivity (Wildman–Crippen MR) is 112 cm³/mol. The van der Waals surface area contributed by atoms with Gasteiger partial charge in [0, 0.05) is 23.6 Å². The molecule has 30 heavy (non-hydrogen) atoms. The van der Waals surface area contributed by atoms with Gasteiger partial charge in [0.2, 0.25) is 6.79 Å². The highest BCUT2D eigenvalue weighted by atomic mass is 32.1. The summed E-state index contributed by atoms with van der Waals surface area (Å²) in [5.74, 6) is 1.44. The molecule has 2 amide bonds. The van der Waals surface area contributed by atoms with E-state index >= 15 is 0 Å². The second-order valence-electron chi connectivity index (χ2n) is 6.90. The van der Waals surface area contributed by atoms with Crippen LogP contribution in [-0.4, -0.2) is 36.7 Å². The molecule has 3 heterocycles. The molecular formula is C21H17N3O5S. The summed E-state index contributed by atoms with van der Waals surface area (Å²) in [7, 11) is 1.72. The molecule has 5 rings (SSSR count). The molecule has 9 heteroatoms. The Balaban J connectivity index is 1.36. The first-order valence-corrected chi connectivity index (χ1v) is 10.1. The number of hydrogen-bond acceptors (Lipinski definition) is 7. The Hall–Kier alpha value is -3.59. The third-order valence-electron chi connectivity index (χ3n) is 4.96. The highest BCUT2D eigenvalue weighted by Gasteiger charge is 2.29. The van der Waals surface area contributed by atoms with E-state index in [-0.39, 0.29) is 18.6 Å². The van der Waals surface area contributed by atoms with Crippen LogP contribution < -0.4 is 24.4 Å². The molecule has 0 spiro atoms. The minimum Gasteiger partial charge on any atom is -0.479 e. The van der Waals surface area contributed by atoms with Crippen molar-refractivity contribution < 1.29 is 23.8 Å². The number of hydrogen-bond donors (Lipinski definition) is 1. The number of thiazole rings is 1. The molecule has 152 valence electrons. The van der Waals surface area contributed by atoms with E-state index in [0.717, 1.165) is 5.56 Å². The lowest BCUT2D eigenvalue weighted by molar-refractivity contribution is -0.125. The number of anilines is 2. The van der Waals surface area contributed by atoms with Gasteiger partial charge >= 0.3 is 0 Å². The Morgan fingerprint density at radius 3 is 2.83 bits per heavy atom. The van der Waals surface area contributed by atoms with Gasteiger partial charge in [-0.15, -0.1) is 11.3 Å². The van der Waals surface area contributed by atoms with Crippen LogP contribution in [0.2, 0.25) is 0 Å². The van der Waals surface area contributed by atoms with Gasteiger partial charge in [-0.3, -0.25) is 14.9 Å². The van der Waals surface area contributed by atoms with Crippen LogP contribution >= 0.6 is 11.3 Å². The summed E-state index contributed by atoms with van der Waals surface area (Å²) in [5, 5.41) is 5.13. The average molecular weight is 423 g/mol. The number of benzene rings is 2. The van der Waals surface area contributed by atoms with Gasteiger partial charge in [0.15, 0.2) is 22.7 Å². The Morgan fingerprint density at radius 1 is 1.17 bits per heavy atom. The smallest absolute Gasteiger partial charge is 0.267 e. The van der Waals surface area contributed by atoms with Crippen molar-refractivity contribution in [1.82, 2.24) is 4.98 Å². The summed E-state index contributed by atoms with van der Waals surface area (Å²) in [6.07, 6.45) is -0.509. The van der Waals surface area contributed by atoms with Crippen LogP contribution in [0.3, 0.4) is 0 Å². The van der Waals surface area contributed by atoms with Gasteiger partial charge in [0.1, 0.15) is 5.75 Å². The summed E-state index contributed by atoms with van der Waals surface area (Å²) < 4.78 is 16.2. The fraction of sp³-hybridized carbons (Fsp3) is 0.190. The van der Waals surface area contributed by atoms with Crippen LogP contribution in [0.5, 0.6) is 17.2 Å². The monoisotopic (exact) mass is 423 g/mol. The van der Waals surface area contributed by atoms with Crippen molar-refractivity contribution in [1.29, 1.82) is 0 Å². The van der Waals surface area contributed by atoms with Crippen molar-refractivity contribution in [2.24, 2.45) is 0 Å². The number of carbonyl (C=O) groups is 2. The maximum absolute atomic E-state index is 12.6.